The van der Waals surface area contributed by atoms with Gasteiger partial charge in [-0.2, -0.15) is 0 Å². The number of aryl methyl sites for hydroxylation is 1. The summed E-state index contributed by atoms with van der Waals surface area (Å²) in [6.07, 6.45) is 0. The van der Waals surface area contributed by atoms with Gasteiger partial charge in [0.05, 0.1) is 18.1 Å². The largest absolute Gasteiger partial charge is 0.378 e. The van der Waals surface area contributed by atoms with Crippen LogP contribution in [0, 0.1) is 6.92 Å². The molecule has 0 spiro atoms. The molecule has 31 heavy (non-hydrogen) atoms. The average Bonchev–Trinajstić information content (AvgIpc) is 2.78. The van der Waals surface area contributed by atoms with Crippen molar-refractivity contribution in [1.82, 2.24) is 14.9 Å². The third-order valence-corrected chi connectivity index (χ3v) is 6.59. The highest BCUT2D eigenvalue weighted by atomic mass is 32.2. The number of benzene rings is 2. The van der Waals surface area contributed by atoms with Crippen LogP contribution in [-0.2, 0) is 21.3 Å². The first-order chi connectivity index (χ1) is 14.8. The molecule has 1 heterocycles. The van der Waals surface area contributed by atoms with Crippen molar-refractivity contribution >= 4 is 21.8 Å². The molecule has 0 atom stereocenters. The second kappa shape index (κ2) is 10.0. The molecule has 0 unspecified atom stereocenters. The molecular formula is C22H27N3O5S. The first kappa shape index (κ1) is 22.9. The first-order valence-electron chi connectivity index (χ1n) is 10.2. The van der Waals surface area contributed by atoms with Crippen molar-refractivity contribution < 1.29 is 22.7 Å². The summed E-state index contributed by atoms with van der Waals surface area (Å²) in [5.41, 5.74) is 2.41. The van der Waals surface area contributed by atoms with Gasteiger partial charge >= 0.3 is 0 Å². The number of hydrogen-bond acceptors (Lipinski definition) is 5. The summed E-state index contributed by atoms with van der Waals surface area (Å²) in [5, 5.41) is 2.81. The average molecular weight is 446 g/mol. The molecule has 1 aliphatic heterocycles. The van der Waals surface area contributed by atoms with Crippen LogP contribution in [0.2, 0.25) is 0 Å². The van der Waals surface area contributed by atoms with Crippen LogP contribution in [0.4, 0.5) is 0 Å². The number of carbonyl (C=O) groups is 2. The molecule has 8 nitrogen and oxygen atoms in total. The summed E-state index contributed by atoms with van der Waals surface area (Å²) in [5.74, 6) is -0.396. The number of morpholine rings is 1. The van der Waals surface area contributed by atoms with E-state index in [9.17, 15) is 18.0 Å². The Balaban J connectivity index is 1.65. The normalized spacial score (nSPS) is 14.3. The fraction of sp³-hybridized carbons (Fsp3) is 0.364. The molecular weight excluding hydrogens is 418 g/mol. The van der Waals surface area contributed by atoms with E-state index in [1.165, 1.54) is 12.1 Å². The second-order valence-electron chi connectivity index (χ2n) is 7.26. The Hall–Kier alpha value is -2.75. The van der Waals surface area contributed by atoms with Gasteiger partial charge in [-0.05, 0) is 42.3 Å². The summed E-state index contributed by atoms with van der Waals surface area (Å²) in [7, 11) is -3.65. The van der Waals surface area contributed by atoms with Gasteiger partial charge in [-0.3, -0.25) is 9.59 Å². The van der Waals surface area contributed by atoms with Crippen LogP contribution in [0.15, 0.2) is 47.4 Å². The minimum Gasteiger partial charge on any atom is -0.378 e. The molecule has 0 radical (unpaired) electrons. The van der Waals surface area contributed by atoms with Crippen molar-refractivity contribution in [3.8, 4) is 0 Å². The molecule has 2 amide bonds. The van der Waals surface area contributed by atoms with Gasteiger partial charge < -0.3 is 15.0 Å². The lowest BCUT2D eigenvalue weighted by molar-refractivity contribution is 0.0303. The zero-order valence-electron chi connectivity index (χ0n) is 17.7. The van der Waals surface area contributed by atoms with Gasteiger partial charge in [-0.15, -0.1) is 0 Å². The first-order valence-corrected chi connectivity index (χ1v) is 11.6. The maximum Gasteiger partial charge on any atom is 0.254 e. The van der Waals surface area contributed by atoms with Gasteiger partial charge in [0.1, 0.15) is 0 Å². The summed E-state index contributed by atoms with van der Waals surface area (Å²) in [6, 6.07) is 11.6. The zero-order chi connectivity index (χ0) is 22.4. The van der Waals surface area contributed by atoms with Crippen molar-refractivity contribution in [2.75, 3.05) is 32.8 Å². The molecule has 9 heteroatoms. The highest BCUT2D eigenvalue weighted by Crippen LogP contribution is 2.16. The summed E-state index contributed by atoms with van der Waals surface area (Å²) in [6.45, 7) is 6.23. The van der Waals surface area contributed by atoms with E-state index >= 15 is 0 Å². The number of sulfonamides is 1. The molecule has 1 aliphatic rings. The number of nitrogens with zero attached hydrogens (tertiary/aromatic N) is 1. The van der Waals surface area contributed by atoms with Crippen molar-refractivity contribution in [3.05, 3.63) is 64.7 Å². The fourth-order valence-corrected chi connectivity index (χ4v) is 4.34. The number of ether oxygens (including phenoxy) is 1. The molecule has 3 rings (SSSR count). The van der Waals surface area contributed by atoms with Crippen molar-refractivity contribution in [3.63, 3.8) is 0 Å². The molecule has 166 valence electrons. The summed E-state index contributed by atoms with van der Waals surface area (Å²) in [4.78, 5) is 27.0. The topological polar surface area (TPSA) is 105 Å². The third-order valence-electron chi connectivity index (χ3n) is 5.05. The molecule has 1 saturated heterocycles. The lowest BCUT2D eigenvalue weighted by atomic mass is 10.1. The van der Waals surface area contributed by atoms with Crippen molar-refractivity contribution in [1.29, 1.82) is 0 Å². The van der Waals surface area contributed by atoms with E-state index in [4.69, 9.17) is 4.74 Å². The molecule has 2 aromatic rings. The van der Waals surface area contributed by atoms with Crippen LogP contribution >= 0.6 is 0 Å². The maximum absolute atomic E-state index is 12.7. The standard InChI is InChI=1S/C22H27N3O5S/c1-3-24-31(28,29)19-9-4-16(2)20(14-19)21(26)23-15-17-5-7-18(8-6-17)22(27)25-10-12-30-13-11-25/h4-9,14,24H,3,10-13,15H2,1-2H3,(H,23,26). The van der Waals surface area contributed by atoms with Crippen LogP contribution in [0.5, 0.6) is 0 Å². The Kier molecular flexibility index (Phi) is 7.42. The third kappa shape index (κ3) is 5.69. The molecule has 0 bridgehead atoms. The predicted molar refractivity (Wildman–Crippen MR) is 116 cm³/mol. The molecule has 2 aromatic carbocycles. The summed E-state index contributed by atoms with van der Waals surface area (Å²) < 4.78 is 32.1. The SMILES string of the molecule is CCNS(=O)(=O)c1ccc(C)c(C(=O)NCc2ccc(C(=O)N3CCOCC3)cc2)c1. The lowest BCUT2D eigenvalue weighted by Crippen LogP contribution is -2.40. The molecule has 1 fully saturated rings. The van der Waals surface area contributed by atoms with E-state index < -0.39 is 10.0 Å². The van der Waals surface area contributed by atoms with Crippen LogP contribution in [-0.4, -0.2) is 58.0 Å². The van der Waals surface area contributed by atoms with E-state index in [-0.39, 0.29) is 29.8 Å². The van der Waals surface area contributed by atoms with Crippen molar-refractivity contribution in [2.24, 2.45) is 0 Å². The van der Waals surface area contributed by atoms with Crippen molar-refractivity contribution in [2.45, 2.75) is 25.3 Å². The smallest absolute Gasteiger partial charge is 0.254 e. The molecule has 0 saturated carbocycles. The van der Waals surface area contributed by atoms with Gasteiger partial charge in [0.15, 0.2) is 0 Å². The van der Waals surface area contributed by atoms with E-state index in [1.54, 1.807) is 49.1 Å². The molecule has 2 N–H and O–H groups in total. The quantitative estimate of drug-likeness (QED) is 0.675. The van der Waals surface area contributed by atoms with E-state index in [0.717, 1.165) is 5.56 Å². The van der Waals surface area contributed by atoms with Crippen LogP contribution < -0.4 is 10.0 Å². The van der Waals surface area contributed by atoms with Crippen LogP contribution in [0.25, 0.3) is 0 Å². The van der Waals surface area contributed by atoms with Gasteiger partial charge in [0.25, 0.3) is 11.8 Å². The van der Waals surface area contributed by atoms with Gasteiger partial charge in [-0.25, -0.2) is 13.1 Å². The minimum atomic E-state index is -3.65. The Morgan fingerprint density at radius 1 is 1.06 bits per heavy atom. The maximum atomic E-state index is 12.7. The number of nitrogens with one attached hydrogen (secondary N) is 2. The Morgan fingerprint density at radius 3 is 2.39 bits per heavy atom. The van der Waals surface area contributed by atoms with E-state index in [1.807, 2.05) is 0 Å². The van der Waals surface area contributed by atoms with Gasteiger partial charge in [0, 0.05) is 37.3 Å². The minimum absolute atomic E-state index is 0.0341. The summed E-state index contributed by atoms with van der Waals surface area (Å²) >= 11 is 0. The van der Waals surface area contributed by atoms with E-state index in [0.29, 0.717) is 43.0 Å². The Morgan fingerprint density at radius 2 is 1.74 bits per heavy atom. The number of carbonyl (C=O) groups excluding carboxylic acids is 2. The molecule has 0 aliphatic carbocycles. The van der Waals surface area contributed by atoms with E-state index in [2.05, 4.69) is 10.0 Å². The lowest BCUT2D eigenvalue weighted by Gasteiger charge is -2.26. The Bertz CT molecular complexity index is 1050. The zero-order valence-corrected chi connectivity index (χ0v) is 18.5. The second-order valence-corrected chi connectivity index (χ2v) is 9.03. The number of amides is 2. The predicted octanol–water partition coefficient (Wildman–Crippen LogP) is 1.70. The molecule has 0 aromatic heterocycles. The monoisotopic (exact) mass is 445 g/mol. The number of hydrogen-bond donors (Lipinski definition) is 2. The Labute approximate surface area is 182 Å². The highest BCUT2D eigenvalue weighted by molar-refractivity contribution is 7.89. The fourth-order valence-electron chi connectivity index (χ4n) is 3.28. The van der Waals surface area contributed by atoms with Gasteiger partial charge in [0.2, 0.25) is 10.0 Å². The van der Waals surface area contributed by atoms with Crippen LogP contribution in [0.3, 0.4) is 0 Å². The highest BCUT2D eigenvalue weighted by Gasteiger charge is 2.19. The van der Waals surface area contributed by atoms with Crippen LogP contribution in [0.1, 0.15) is 38.8 Å². The van der Waals surface area contributed by atoms with Gasteiger partial charge in [-0.1, -0.05) is 25.1 Å². The number of rotatable bonds is 7.